The Labute approximate surface area is 229 Å². The minimum Gasteiger partial charge on any atom is -0.378 e. The molecule has 1 aromatic carbocycles. The Kier molecular flexibility index (Phi) is 7.20. The Hall–Kier alpha value is -4.26. The van der Waals surface area contributed by atoms with E-state index in [4.69, 9.17) is 24.2 Å². The lowest BCUT2D eigenvalue weighted by molar-refractivity contribution is -0.229. The lowest BCUT2D eigenvalue weighted by atomic mass is 9.91. The van der Waals surface area contributed by atoms with Crippen LogP contribution in [0.15, 0.2) is 61.1 Å². The molecule has 12 heteroatoms. The number of carbonyl (C=O) groups is 1. The lowest BCUT2D eigenvalue weighted by Gasteiger charge is -2.35. The molecule has 4 aromatic rings. The second-order valence-electron chi connectivity index (χ2n) is 9.90. The number of H-pyrrole nitrogens is 1. The number of ether oxygens (including phenoxy) is 3. The van der Waals surface area contributed by atoms with Crippen LogP contribution < -0.4 is 10.2 Å². The van der Waals surface area contributed by atoms with E-state index in [1.54, 1.807) is 55.8 Å². The molecule has 2 aliphatic rings. The molecule has 0 unspecified atom stereocenters. The van der Waals surface area contributed by atoms with Gasteiger partial charge in [-0.25, -0.2) is 19.3 Å². The summed E-state index contributed by atoms with van der Waals surface area (Å²) < 4.78 is 31.2. The zero-order chi connectivity index (χ0) is 27.5. The van der Waals surface area contributed by atoms with Gasteiger partial charge in [0.1, 0.15) is 5.82 Å². The summed E-state index contributed by atoms with van der Waals surface area (Å²) in [5.41, 5.74) is 2.18. The Morgan fingerprint density at radius 2 is 1.85 bits per heavy atom. The molecule has 11 nitrogen and oxygen atoms in total. The first-order valence-electron chi connectivity index (χ1n) is 13.0. The number of nitrogens with zero attached hydrogens (tertiary/aromatic N) is 5. The maximum atomic E-state index is 13.7. The zero-order valence-corrected chi connectivity index (χ0v) is 21.8. The molecular formula is C28H28FN7O4. The highest BCUT2D eigenvalue weighted by Crippen LogP contribution is 2.36. The van der Waals surface area contributed by atoms with Crippen LogP contribution in [0.3, 0.4) is 0 Å². The van der Waals surface area contributed by atoms with Crippen LogP contribution in [0.2, 0.25) is 0 Å². The van der Waals surface area contributed by atoms with E-state index in [0.29, 0.717) is 66.4 Å². The highest BCUT2D eigenvalue weighted by Gasteiger charge is 2.41. The van der Waals surface area contributed by atoms with Gasteiger partial charge in [0, 0.05) is 31.0 Å². The third-order valence-corrected chi connectivity index (χ3v) is 6.83. The topological polar surface area (TPSA) is 127 Å². The number of halogens is 1. The monoisotopic (exact) mass is 545 g/mol. The van der Waals surface area contributed by atoms with Gasteiger partial charge in [0.05, 0.1) is 60.8 Å². The van der Waals surface area contributed by atoms with Crippen LogP contribution in [0.4, 0.5) is 16.0 Å². The number of carbonyl (C=O) groups excluding carboxylic acids is 1. The third kappa shape index (κ3) is 5.41. The standard InChI is InChI=1S/C28H28FN7O4/c1-28(26(37)32-20-3-2-9-30-15-20)16-39-25(40-17-28)24-34-22(18-4-6-19(29)7-5-18)23(35-24)21-8-10-31-27(33-21)36-11-13-38-14-12-36/h2-10,15,25H,11-14,16-17H2,1H3,(H,32,37)(H,34,35). The number of aromatic amines is 1. The van der Waals surface area contributed by atoms with E-state index >= 15 is 0 Å². The van der Waals surface area contributed by atoms with Crippen molar-refractivity contribution in [2.24, 2.45) is 5.41 Å². The Bertz CT molecular complexity index is 1470. The van der Waals surface area contributed by atoms with E-state index in [2.05, 4.69) is 25.2 Å². The van der Waals surface area contributed by atoms with Crippen molar-refractivity contribution in [3.05, 3.63) is 72.7 Å². The summed E-state index contributed by atoms with van der Waals surface area (Å²) in [7, 11) is 0. The van der Waals surface area contributed by atoms with Gasteiger partial charge in [-0.1, -0.05) is 0 Å². The fraction of sp³-hybridized carbons (Fsp3) is 0.321. The summed E-state index contributed by atoms with van der Waals surface area (Å²) in [4.78, 5) is 36.4. The van der Waals surface area contributed by atoms with Gasteiger partial charge in [0.25, 0.3) is 0 Å². The fourth-order valence-corrected chi connectivity index (χ4v) is 4.53. The number of hydrogen-bond acceptors (Lipinski definition) is 9. The molecule has 3 aromatic heterocycles. The van der Waals surface area contributed by atoms with E-state index in [1.807, 2.05) is 0 Å². The summed E-state index contributed by atoms with van der Waals surface area (Å²) in [6.45, 7) is 4.61. The summed E-state index contributed by atoms with van der Waals surface area (Å²) >= 11 is 0. The lowest BCUT2D eigenvalue weighted by Crippen LogP contribution is -2.45. The number of rotatable bonds is 6. The average Bonchev–Trinajstić information content (AvgIpc) is 3.44. The molecular weight excluding hydrogens is 517 g/mol. The van der Waals surface area contributed by atoms with Gasteiger partial charge in [-0.05, 0) is 49.4 Å². The SMILES string of the molecule is CC1(C(=O)Nc2cccnc2)COC(c2nc(-c3ccc(F)cc3)c(-c3ccnc(N4CCOCC4)n3)[nH]2)OC1. The van der Waals surface area contributed by atoms with Crippen molar-refractivity contribution < 1.29 is 23.4 Å². The molecule has 0 saturated carbocycles. The van der Waals surface area contributed by atoms with Crippen molar-refractivity contribution in [1.82, 2.24) is 24.9 Å². The van der Waals surface area contributed by atoms with Gasteiger partial charge in [-0.15, -0.1) is 0 Å². The van der Waals surface area contributed by atoms with Crippen LogP contribution in [-0.2, 0) is 19.0 Å². The number of aromatic nitrogens is 5. The highest BCUT2D eigenvalue weighted by molar-refractivity contribution is 5.95. The predicted molar refractivity (Wildman–Crippen MR) is 144 cm³/mol. The molecule has 0 spiro atoms. The molecule has 2 fully saturated rings. The van der Waals surface area contributed by atoms with E-state index in [1.165, 1.54) is 12.1 Å². The molecule has 5 heterocycles. The first kappa shape index (κ1) is 26.0. The minimum atomic E-state index is -0.915. The van der Waals surface area contributed by atoms with Crippen LogP contribution in [0, 0.1) is 11.2 Å². The molecule has 0 atom stereocenters. The zero-order valence-electron chi connectivity index (χ0n) is 21.8. The molecule has 0 radical (unpaired) electrons. The van der Waals surface area contributed by atoms with E-state index in [-0.39, 0.29) is 24.9 Å². The van der Waals surface area contributed by atoms with Crippen LogP contribution in [0.25, 0.3) is 22.6 Å². The molecule has 6 rings (SSSR count). The van der Waals surface area contributed by atoms with Crippen LogP contribution >= 0.6 is 0 Å². The van der Waals surface area contributed by atoms with Gasteiger partial charge in [-0.2, -0.15) is 0 Å². The maximum Gasteiger partial charge on any atom is 0.235 e. The van der Waals surface area contributed by atoms with Gasteiger partial charge < -0.3 is 29.4 Å². The molecule has 40 heavy (non-hydrogen) atoms. The van der Waals surface area contributed by atoms with E-state index in [9.17, 15) is 9.18 Å². The van der Waals surface area contributed by atoms with Crippen LogP contribution in [0.5, 0.6) is 0 Å². The number of morpholine rings is 1. The Balaban J connectivity index is 1.26. The largest absolute Gasteiger partial charge is 0.378 e. The van der Waals surface area contributed by atoms with Crippen molar-refractivity contribution in [1.29, 1.82) is 0 Å². The number of pyridine rings is 1. The van der Waals surface area contributed by atoms with Gasteiger partial charge in [0.15, 0.2) is 5.82 Å². The second kappa shape index (κ2) is 11.1. The van der Waals surface area contributed by atoms with E-state index < -0.39 is 11.7 Å². The molecule has 2 aliphatic heterocycles. The summed E-state index contributed by atoms with van der Waals surface area (Å²) in [6.07, 6.45) is 4.07. The van der Waals surface area contributed by atoms with Crippen molar-refractivity contribution in [2.45, 2.75) is 13.2 Å². The van der Waals surface area contributed by atoms with Crippen LogP contribution in [-0.4, -0.2) is 70.3 Å². The molecule has 0 aliphatic carbocycles. The van der Waals surface area contributed by atoms with Gasteiger partial charge >= 0.3 is 0 Å². The van der Waals surface area contributed by atoms with Crippen molar-refractivity contribution in [3.63, 3.8) is 0 Å². The number of nitrogens with one attached hydrogen (secondary N) is 2. The number of hydrogen-bond donors (Lipinski definition) is 2. The molecule has 1 amide bonds. The second-order valence-corrected chi connectivity index (χ2v) is 9.90. The summed E-state index contributed by atoms with van der Waals surface area (Å²) in [6, 6.07) is 11.4. The smallest absolute Gasteiger partial charge is 0.235 e. The summed E-state index contributed by atoms with van der Waals surface area (Å²) in [5, 5.41) is 2.86. The third-order valence-electron chi connectivity index (χ3n) is 6.83. The van der Waals surface area contributed by atoms with Gasteiger partial charge in [0.2, 0.25) is 18.1 Å². The highest BCUT2D eigenvalue weighted by atomic mass is 19.1. The quantitative estimate of drug-likeness (QED) is 0.374. The molecule has 2 saturated heterocycles. The van der Waals surface area contributed by atoms with Crippen LogP contribution in [0.1, 0.15) is 19.0 Å². The van der Waals surface area contributed by atoms with Gasteiger partial charge in [-0.3, -0.25) is 9.78 Å². The number of amides is 1. The van der Waals surface area contributed by atoms with E-state index in [0.717, 1.165) is 0 Å². The van der Waals surface area contributed by atoms with Crippen molar-refractivity contribution in [2.75, 3.05) is 49.7 Å². The maximum absolute atomic E-state index is 13.7. The molecule has 2 N–H and O–H groups in total. The normalized spacial score (nSPS) is 21.2. The predicted octanol–water partition coefficient (Wildman–Crippen LogP) is 3.59. The molecule has 206 valence electrons. The Morgan fingerprint density at radius 1 is 1.07 bits per heavy atom. The average molecular weight is 546 g/mol. The number of imidazole rings is 1. The first-order chi connectivity index (χ1) is 19.5. The molecule has 0 bridgehead atoms. The first-order valence-corrected chi connectivity index (χ1v) is 13.0. The minimum absolute atomic E-state index is 0.111. The van der Waals surface area contributed by atoms with Crippen molar-refractivity contribution in [3.8, 4) is 22.6 Å². The Morgan fingerprint density at radius 3 is 2.58 bits per heavy atom. The fourth-order valence-electron chi connectivity index (χ4n) is 4.53. The van der Waals surface area contributed by atoms with Crippen molar-refractivity contribution >= 4 is 17.5 Å². The number of benzene rings is 1. The number of anilines is 2. The summed E-state index contributed by atoms with van der Waals surface area (Å²) in [5.74, 6) is 0.418.